The lowest BCUT2D eigenvalue weighted by Crippen LogP contribution is -2.24. The fourth-order valence-corrected chi connectivity index (χ4v) is 4.46. The number of aromatic nitrogens is 4. The van der Waals surface area contributed by atoms with Gasteiger partial charge in [0.05, 0.1) is 42.1 Å². The average Bonchev–Trinajstić information content (AvgIpc) is 3.56. The highest BCUT2D eigenvalue weighted by Gasteiger charge is 2.17. The maximum absolute atomic E-state index is 13.4. The number of thioether (sulfide) groups is 1. The molecule has 5 aromatic rings. The maximum Gasteiger partial charge on any atom is 0.337 e. The smallest absolute Gasteiger partial charge is 0.337 e. The van der Waals surface area contributed by atoms with Gasteiger partial charge in [-0.15, -0.1) is 0 Å². The van der Waals surface area contributed by atoms with Crippen LogP contribution in [0.1, 0.15) is 27.6 Å². The van der Waals surface area contributed by atoms with Crippen molar-refractivity contribution in [2.45, 2.75) is 24.4 Å². The molecule has 0 aliphatic rings. The zero-order valence-electron chi connectivity index (χ0n) is 18.9. The number of carbonyl (C=O) groups is 1. The molecule has 10 heteroatoms. The van der Waals surface area contributed by atoms with Gasteiger partial charge in [0.15, 0.2) is 5.16 Å². The van der Waals surface area contributed by atoms with Gasteiger partial charge in [0, 0.05) is 5.56 Å². The molecule has 5 rings (SSSR count). The molecule has 0 saturated carbocycles. The van der Waals surface area contributed by atoms with Crippen LogP contribution in [0.25, 0.3) is 22.3 Å². The van der Waals surface area contributed by atoms with Crippen molar-refractivity contribution in [3.63, 3.8) is 0 Å². The molecule has 176 valence electrons. The van der Waals surface area contributed by atoms with Crippen LogP contribution in [-0.4, -0.2) is 32.8 Å². The number of furan rings is 1. The number of nitrogens with zero attached hydrogens (tertiary/aromatic N) is 4. The van der Waals surface area contributed by atoms with Crippen LogP contribution in [-0.2, 0) is 17.0 Å². The van der Waals surface area contributed by atoms with E-state index in [1.807, 2.05) is 31.2 Å². The van der Waals surface area contributed by atoms with Gasteiger partial charge in [-0.1, -0.05) is 41.2 Å². The first kappa shape index (κ1) is 22.6. The van der Waals surface area contributed by atoms with E-state index in [0.717, 1.165) is 11.1 Å². The van der Waals surface area contributed by atoms with E-state index in [4.69, 9.17) is 13.7 Å². The van der Waals surface area contributed by atoms with E-state index in [0.29, 0.717) is 44.9 Å². The quantitative estimate of drug-likeness (QED) is 0.186. The van der Waals surface area contributed by atoms with Gasteiger partial charge in [-0.3, -0.25) is 9.36 Å². The minimum atomic E-state index is -0.503. The molecular formula is C25H20N4O5S. The molecule has 0 amide bonds. The Kier molecular flexibility index (Phi) is 6.19. The van der Waals surface area contributed by atoms with Crippen LogP contribution in [0.4, 0.5) is 0 Å². The first-order chi connectivity index (χ1) is 17.0. The lowest BCUT2D eigenvalue weighted by molar-refractivity contribution is 0.0601. The van der Waals surface area contributed by atoms with Crippen molar-refractivity contribution in [2.24, 2.45) is 0 Å². The summed E-state index contributed by atoms with van der Waals surface area (Å²) in [6.45, 7) is 2.18. The molecular weight excluding hydrogens is 468 g/mol. The number of ether oxygens (including phenoxy) is 1. The zero-order valence-corrected chi connectivity index (χ0v) is 19.7. The van der Waals surface area contributed by atoms with E-state index in [9.17, 15) is 9.59 Å². The summed E-state index contributed by atoms with van der Waals surface area (Å²) in [5, 5.41) is 4.91. The van der Waals surface area contributed by atoms with Gasteiger partial charge in [0.25, 0.3) is 5.56 Å². The third-order valence-electron chi connectivity index (χ3n) is 5.41. The van der Waals surface area contributed by atoms with Gasteiger partial charge >= 0.3 is 5.97 Å². The summed E-state index contributed by atoms with van der Waals surface area (Å²) in [5.74, 6) is 1.31. The first-order valence-electron chi connectivity index (χ1n) is 10.7. The highest BCUT2D eigenvalue weighted by Crippen LogP contribution is 2.25. The summed E-state index contributed by atoms with van der Waals surface area (Å²) in [6, 6.07) is 16.0. The monoisotopic (exact) mass is 488 g/mol. The minimum Gasteiger partial charge on any atom is -0.467 e. The van der Waals surface area contributed by atoms with E-state index in [1.165, 1.54) is 23.4 Å². The minimum absolute atomic E-state index is 0.203. The predicted octanol–water partition coefficient (Wildman–Crippen LogP) is 4.48. The predicted molar refractivity (Wildman–Crippen MR) is 129 cm³/mol. The summed E-state index contributed by atoms with van der Waals surface area (Å²) in [6.07, 6.45) is 1.55. The molecule has 0 aliphatic carbocycles. The summed E-state index contributed by atoms with van der Waals surface area (Å²) >= 11 is 1.28. The highest BCUT2D eigenvalue weighted by atomic mass is 32.2. The number of hydrogen-bond donors (Lipinski definition) is 0. The number of carbonyl (C=O) groups excluding carboxylic acids is 1. The summed E-state index contributed by atoms with van der Waals surface area (Å²) in [4.78, 5) is 34.5. The Hall–Kier alpha value is -4.18. The van der Waals surface area contributed by atoms with Gasteiger partial charge in [-0.2, -0.15) is 4.98 Å². The molecule has 35 heavy (non-hydrogen) atoms. The van der Waals surface area contributed by atoms with Crippen LogP contribution in [0.2, 0.25) is 0 Å². The molecule has 3 aromatic heterocycles. The number of fused-ring (bicyclic) bond motifs is 1. The zero-order chi connectivity index (χ0) is 24.4. The third-order valence-corrected chi connectivity index (χ3v) is 6.38. The van der Waals surface area contributed by atoms with Gasteiger partial charge in [-0.05, 0) is 42.8 Å². The fraction of sp³-hybridized carbons (Fsp3) is 0.160. The Bertz CT molecular complexity index is 1570. The molecule has 2 aromatic carbocycles. The Labute approximate surface area is 203 Å². The van der Waals surface area contributed by atoms with E-state index in [2.05, 4.69) is 15.1 Å². The van der Waals surface area contributed by atoms with Crippen molar-refractivity contribution >= 4 is 28.6 Å². The van der Waals surface area contributed by atoms with Crippen molar-refractivity contribution in [1.29, 1.82) is 0 Å². The topological polar surface area (TPSA) is 113 Å². The number of methoxy groups -OCH3 is 1. The van der Waals surface area contributed by atoms with Crippen LogP contribution >= 0.6 is 11.8 Å². The number of aryl methyl sites for hydroxylation is 1. The van der Waals surface area contributed by atoms with Crippen molar-refractivity contribution in [1.82, 2.24) is 19.7 Å². The maximum atomic E-state index is 13.4. The Morgan fingerprint density at radius 1 is 1.11 bits per heavy atom. The van der Waals surface area contributed by atoms with E-state index in [-0.39, 0.29) is 12.1 Å². The van der Waals surface area contributed by atoms with Crippen molar-refractivity contribution in [3.05, 3.63) is 94.0 Å². The normalized spacial score (nSPS) is 11.1. The molecule has 0 bridgehead atoms. The van der Waals surface area contributed by atoms with Crippen molar-refractivity contribution < 1.29 is 18.5 Å². The highest BCUT2D eigenvalue weighted by molar-refractivity contribution is 7.98. The summed E-state index contributed by atoms with van der Waals surface area (Å²) in [5.41, 5.74) is 2.38. The van der Waals surface area contributed by atoms with Gasteiger partial charge < -0.3 is 13.7 Å². The summed E-state index contributed by atoms with van der Waals surface area (Å²) < 4.78 is 17.2. The van der Waals surface area contributed by atoms with Crippen molar-refractivity contribution in [3.8, 4) is 11.4 Å². The van der Waals surface area contributed by atoms with Crippen LogP contribution < -0.4 is 5.56 Å². The number of esters is 1. The molecule has 0 N–H and O–H groups in total. The summed E-state index contributed by atoms with van der Waals surface area (Å²) in [7, 11) is 1.30. The molecule has 0 radical (unpaired) electrons. The Balaban J connectivity index is 1.50. The van der Waals surface area contributed by atoms with E-state index in [1.54, 1.807) is 36.6 Å². The lowest BCUT2D eigenvalue weighted by atomic mass is 10.1. The molecule has 0 saturated heterocycles. The van der Waals surface area contributed by atoms with Crippen LogP contribution in [0.3, 0.4) is 0 Å². The number of benzene rings is 2. The molecule has 0 spiro atoms. The molecule has 9 nitrogen and oxygen atoms in total. The number of hydrogen-bond acceptors (Lipinski definition) is 9. The second-order valence-electron chi connectivity index (χ2n) is 7.70. The third kappa shape index (κ3) is 4.60. The second-order valence-corrected chi connectivity index (χ2v) is 8.65. The molecule has 0 atom stereocenters. The molecule has 0 fully saturated rings. The lowest BCUT2D eigenvalue weighted by Gasteiger charge is -2.12. The van der Waals surface area contributed by atoms with E-state index >= 15 is 0 Å². The molecule has 0 unspecified atom stereocenters. The Morgan fingerprint density at radius 3 is 2.74 bits per heavy atom. The molecule has 3 heterocycles. The van der Waals surface area contributed by atoms with Gasteiger partial charge in [0.2, 0.25) is 11.7 Å². The van der Waals surface area contributed by atoms with Gasteiger partial charge in [0.1, 0.15) is 5.76 Å². The Morgan fingerprint density at radius 2 is 1.97 bits per heavy atom. The second kappa shape index (κ2) is 9.59. The SMILES string of the molecule is COC(=O)c1ccc2c(=O)n(Cc3ccco3)c(SCc3nc(-c4ccccc4C)no3)nc2c1. The van der Waals surface area contributed by atoms with Crippen LogP contribution in [0.15, 0.2) is 79.8 Å². The van der Waals surface area contributed by atoms with Crippen LogP contribution in [0, 0.1) is 6.92 Å². The largest absolute Gasteiger partial charge is 0.467 e. The fourth-order valence-electron chi connectivity index (χ4n) is 3.63. The average molecular weight is 489 g/mol. The number of rotatable bonds is 7. The van der Waals surface area contributed by atoms with Crippen LogP contribution in [0.5, 0.6) is 0 Å². The van der Waals surface area contributed by atoms with Crippen molar-refractivity contribution in [2.75, 3.05) is 7.11 Å². The van der Waals surface area contributed by atoms with Gasteiger partial charge in [-0.25, -0.2) is 9.78 Å². The standard InChI is InChI=1S/C25H20N4O5S/c1-15-6-3-4-8-18(15)22-27-21(34-28-22)14-35-25-26-20-12-16(24(31)32-2)9-10-19(20)23(30)29(25)13-17-7-5-11-33-17/h3-12H,13-14H2,1-2H3. The van der Waals surface area contributed by atoms with E-state index < -0.39 is 5.97 Å². The first-order valence-corrected chi connectivity index (χ1v) is 11.7. The molecule has 0 aliphatic heterocycles.